The first kappa shape index (κ1) is 80.1. The minimum atomic E-state index is -0.803. The van der Waals surface area contributed by atoms with Crippen LogP contribution >= 0.6 is 0 Å². The van der Waals surface area contributed by atoms with Crippen LogP contribution in [0.4, 0.5) is 0 Å². The molecule has 0 aliphatic heterocycles. The standard InChI is InChI=1S/C77H140O6/c1-4-7-10-13-16-19-22-25-28-31-32-33-34-35-36-37-38-39-40-41-42-43-44-45-47-49-52-55-58-61-64-67-70-76(79)82-73-74(72-81-75(78)69-66-63-60-57-54-51-48-30-27-24-21-18-15-12-9-6-3)83-77(80)71-68-65-62-59-56-53-50-46-29-26-23-20-17-14-11-8-5-2/h8,11,17,20,26,29,50,53,59,62,74H,4-7,9-10,12-16,18-19,21-25,27-28,30-49,51-52,54-58,60-61,63-73H2,1-3H3/b11-8-,20-17-,29-26-,53-50-,62-59-. The van der Waals surface area contributed by atoms with Gasteiger partial charge >= 0.3 is 17.9 Å². The molecular formula is C77H140O6. The smallest absolute Gasteiger partial charge is 0.306 e. The Bertz CT molecular complexity index is 1470. The summed E-state index contributed by atoms with van der Waals surface area (Å²) in [6, 6.07) is 0. The summed E-state index contributed by atoms with van der Waals surface area (Å²) < 4.78 is 16.9. The van der Waals surface area contributed by atoms with Crippen LogP contribution in [0.5, 0.6) is 0 Å². The van der Waals surface area contributed by atoms with Gasteiger partial charge in [0.1, 0.15) is 13.2 Å². The number of allylic oxidation sites excluding steroid dienone is 10. The van der Waals surface area contributed by atoms with Gasteiger partial charge in [0.25, 0.3) is 0 Å². The van der Waals surface area contributed by atoms with Crippen molar-refractivity contribution in [1.29, 1.82) is 0 Å². The Balaban J connectivity index is 4.20. The summed E-state index contributed by atoms with van der Waals surface area (Å²) in [5, 5.41) is 0. The lowest BCUT2D eigenvalue weighted by Gasteiger charge is -2.18. The monoisotopic (exact) mass is 1160 g/mol. The zero-order valence-corrected chi connectivity index (χ0v) is 55.7. The van der Waals surface area contributed by atoms with E-state index < -0.39 is 6.10 Å². The Morgan fingerprint density at radius 2 is 0.470 bits per heavy atom. The molecule has 0 radical (unpaired) electrons. The van der Waals surface area contributed by atoms with Gasteiger partial charge in [-0.3, -0.25) is 14.4 Å². The highest BCUT2D eigenvalue weighted by Gasteiger charge is 2.19. The van der Waals surface area contributed by atoms with Gasteiger partial charge in [0.2, 0.25) is 0 Å². The van der Waals surface area contributed by atoms with Crippen molar-refractivity contribution in [3.05, 3.63) is 60.8 Å². The summed E-state index contributed by atoms with van der Waals surface area (Å²) in [5.41, 5.74) is 0. The predicted octanol–water partition coefficient (Wildman–Crippen LogP) is 25.5. The molecule has 6 heteroatoms. The quantitative estimate of drug-likeness (QED) is 0.0261. The van der Waals surface area contributed by atoms with Crippen molar-refractivity contribution in [3.63, 3.8) is 0 Å². The lowest BCUT2D eigenvalue weighted by molar-refractivity contribution is -0.167. The average molecular weight is 1160 g/mol. The summed E-state index contributed by atoms with van der Waals surface area (Å²) in [4.78, 5) is 38.4. The van der Waals surface area contributed by atoms with Crippen molar-refractivity contribution < 1.29 is 28.6 Å². The molecular weight excluding hydrogens is 1020 g/mol. The number of hydrogen-bond acceptors (Lipinski definition) is 6. The van der Waals surface area contributed by atoms with Crippen LogP contribution in [0.2, 0.25) is 0 Å². The summed E-state index contributed by atoms with van der Waals surface area (Å²) in [5.74, 6) is -0.925. The van der Waals surface area contributed by atoms with Crippen LogP contribution in [-0.2, 0) is 28.6 Å². The van der Waals surface area contributed by atoms with E-state index in [1.165, 1.54) is 270 Å². The molecule has 1 unspecified atom stereocenters. The SMILES string of the molecule is CC/C=C\C/C=C\C/C=C\C/C=C\C/C=C\CCCC(=O)OC(COC(=O)CCCCCCCCCCCCCCCCCC)COC(=O)CCCCCCCCCCCCCCCCCCCCCCCCCCCCCCCCCC. The van der Waals surface area contributed by atoms with Crippen molar-refractivity contribution in [2.24, 2.45) is 0 Å². The number of carbonyl (C=O) groups is 3. The molecule has 6 nitrogen and oxygen atoms in total. The summed E-state index contributed by atoms with van der Waals surface area (Å²) in [7, 11) is 0. The third kappa shape index (κ3) is 69.8. The van der Waals surface area contributed by atoms with E-state index in [4.69, 9.17) is 14.2 Å². The highest BCUT2D eigenvalue weighted by molar-refractivity contribution is 5.71. The predicted molar refractivity (Wildman–Crippen MR) is 362 cm³/mol. The molecule has 0 aromatic rings. The maximum atomic E-state index is 12.9. The molecule has 0 saturated heterocycles. The van der Waals surface area contributed by atoms with E-state index in [1.54, 1.807) is 0 Å². The molecule has 0 fully saturated rings. The molecule has 1 atom stereocenters. The molecule has 0 amide bonds. The molecule has 83 heavy (non-hydrogen) atoms. The third-order valence-electron chi connectivity index (χ3n) is 16.5. The van der Waals surface area contributed by atoms with Crippen LogP contribution in [0.15, 0.2) is 60.8 Å². The van der Waals surface area contributed by atoms with Gasteiger partial charge in [-0.25, -0.2) is 0 Å². The van der Waals surface area contributed by atoms with Crippen LogP contribution < -0.4 is 0 Å². The number of carbonyl (C=O) groups excluding carboxylic acids is 3. The van der Waals surface area contributed by atoms with Crippen LogP contribution in [0.1, 0.15) is 393 Å². The van der Waals surface area contributed by atoms with Gasteiger partial charge in [0, 0.05) is 19.3 Å². The molecule has 0 aliphatic carbocycles. The van der Waals surface area contributed by atoms with Gasteiger partial charge in [-0.2, -0.15) is 0 Å². The van der Waals surface area contributed by atoms with Crippen LogP contribution in [0.25, 0.3) is 0 Å². The Morgan fingerprint density at radius 1 is 0.253 bits per heavy atom. The van der Waals surface area contributed by atoms with E-state index in [2.05, 4.69) is 81.5 Å². The van der Waals surface area contributed by atoms with Gasteiger partial charge in [-0.05, 0) is 57.8 Å². The highest BCUT2D eigenvalue weighted by Crippen LogP contribution is 2.19. The van der Waals surface area contributed by atoms with Gasteiger partial charge < -0.3 is 14.2 Å². The molecule has 484 valence electrons. The van der Waals surface area contributed by atoms with Gasteiger partial charge in [-0.15, -0.1) is 0 Å². The van der Waals surface area contributed by atoms with E-state index in [1.807, 2.05) is 0 Å². The number of ether oxygens (including phenoxy) is 3. The normalized spacial score (nSPS) is 12.4. The molecule has 0 aromatic carbocycles. The first-order valence-corrected chi connectivity index (χ1v) is 36.8. The zero-order chi connectivity index (χ0) is 59.9. The molecule has 0 bridgehead atoms. The second kappa shape index (κ2) is 71.6. The van der Waals surface area contributed by atoms with Crippen LogP contribution in [0, 0.1) is 0 Å². The molecule has 0 heterocycles. The fraction of sp³-hybridized carbons (Fsp3) is 0.831. The van der Waals surface area contributed by atoms with E-state index in [9.17, 15) is 14.4 Å². The van der Waals surface area contributed by atoms with Gasteiger partial charge in [0.05, 0.1) is 0 Å². The van der Waals surface area contributed by atoms with Gasteiger partial charge in [0.15, 0.2) is 6.10 Å². The second-order valence-corrected chi connectivity index (χ2v) is 24.8. The van der Waals surface area contributed by atoms with Crippen molar-refractivity contribution >= 4 is 17.9 Å². The number of esters is 3. The molecule has 0 spiro atoms. The second-order valence-electron chi connectivity index (χ2n) is 24.8. The number of hydrogen-bond donors (Lipinski definition) is 0. The van der Waals surface area contributed by atoms with Crippen molar-refractivity contribution in [3.8, 4) is 0 Å². The number of unbranched alkanes of at least 4 members (excludes halogenated alkanes) is 47. The first-order valence-electron chi connectivity index (χ1n) is 36.8. The maximum absolute atomic E-state index is 12.9. The lowest BCUT2D eigenvalue weighted by atomic mass is 10.0. The molecule has 0 N–H and O–H groups in total. The third-order valence-corrected chi connectivity index (χ3v) is 16.5. The Labute approximate surface area is 517 Å². The first-order chi connectivity index (χ1) is 41.0. The minimum Gasteiger partial charge on any atom is -0.462 e. The summed E-state index contributed by atoms with van der Waals surface area (Å²) >= 11 is 0. The fourth-order valence-corrected chi connectivity index (χ4v) is 11.1. The summed E-state index contributed by atoms with van der Waals surface area (Å²) in [6.45, 7) is 6.55. The topological polar surface area (TPSA) is 78.9 Å². The Hall–Kier alpha value is -2.89. The fourth-order valence-electron chi connectivity index (χ4n) is 11.1. The van der Waals surface area contributed by atoms with Crippen molar-refractivity contribution in [1.82, 2.24) is 0 Å². The summed E-state index contributed by atoms with van der Waals surface area (Å²) in [6.07, 6.45) is 92.9. The van der Waals surface area contributed by atoms with E-state index in [0.29, 0.717) is 19.3 Å². The van der Waals surface area contributed by atoms with Crippen LogP contribution in [0.3, 0.4) is 0 Å². The molecule has 0 aliphatic rings. The maximum Gasteiger partial charge on any atom is 0.306 e. The minimum absolute atomic E-state index is 0.0920. The lowest BCUT2D eigenvalue weighted by Crippen LogP contribution is -2.30. The average Bonchev–Trinajstić information content (AvgIpc) is 3.49. The van der Waals surface area contributed by atoms with E-state index in [0.717, 1.165) is 77.0 Å². The largest absolute Gasteiger partial charge is 0.462 e. The zero-order valence-electron chi connectivity index (χ0n) is 55.7. The Kier molecular flexibility index (Phi) is 69.1. The number of rotatable bonds is 68. The van der Waals surface area contributed by atoms with Crippen molar-refractivity contribution in [2.75, 3.05) is 13.2 Å². The molecule has 0 aromatic heterocycles. The van der Waals surface area contributed by atoms with E-state index >= 15 is 0 Å². The van der Waals surface area contributed by atoms with Gasteiger partial charge in [-0.1, -0.05) is 377 Å². The van der Waals surface area contributed by atoms with E-state index in [-0.39, 0.29) is 37.5 Å². The molecule has 0 saturated carbocycles. The van der Waals surface area contributed by atoms with Crippen molar-refractivity contribution in [2.45, 2.75) is 399 Å². The van der Waals surface area contributed by atoms with Crippen LogP contribution in [-0.4, -0.2) is 37.2 Å². The highest BCUT2D eigenvalue weighted by atomic mass is 16.6. The Morgan fingerprint density at radius 3 is 0.723 bits per heavy atom. The molecule has 0 rings (SSSR count).